The molecular formula is C10H16O3. The Kier molecular flexibility index (Phi) is 2.28. The van der Waals surface area contributed by atoms with E-state index in [2.05, 4.69) is 0 Å². The average molecular weight is 184 g/mol. The second kappa shape index (κ2) is 3.29. The Morgan fingerprint density at radius 3 is 2.31 bits per heavy atom. The van der Waals surface area contributed by atoms with Gasteiger partial charge in [-0.2, -0.15) is 0 Å². The maximum atomic E-state index is 10.8. The van der Waals surface area contributed by atoms with Crippen molar-refractivity contribution in [3.05, 3.63) is 0 Å². The summed E-state index contributed by atoms with van der Waals surface area (Å²) in [7, 11) is 0. The highest BCUT2D eigenvalue weighted by molar-refractivity contribution is 5.80. The third-order valence-corrected chi connectivity index (χ3v) is 3.04. The Morgan fingerprint density at radius 1 is 1.23 bits per heavy atom. The van der Waals surface area contributed by atoms with Gasteiger partial charge >= 0.3 is 5.97 Å². The summed E-state index contributed by atoms with van der Waals surface area (Å²) in [6, 6.07) is 0. The topological polar surface area (TPSA) is 46.5 Å². The van der Waals surface area contributed by atoms with Crippen LogP contribution in [0.4, 0.5) is 0 Å². The van der Waals surface area contributed by atoms with Gasteiger partial charge in [-0.15, -0.1) is 0 Å². The highest BCUT2D eigenvalue weighted by Crippen LogP contribution is 2.42. The molecule has 0 bridgehead atoms. The Hall–Kier alpha value is -0.570. The molecule has 0 saturated heterocycles. The minimum Gasteiger partial charge on any atom is -0.479 e. The minimum atomic E-state index is -0.776. The summed E-state index contributed by atoms with van der Waals surface area (Å²) in [6.45, 7) is 0. The zero-order valence-electron chi connectivity index (χ0n) is 7.79. The maximum absolute atomic E-state index is 10.8. The lowest BCUT2D eigenvalue weighted by molar-refractivity contribution is -0.159. The highest BCUT2D eigenvalue weighted by atomic mass is 16.5. The van der Waals surface area contributed by atoms with Crippen LogP contribution in [0, 0.1) is 0 Å². The molecule has 0 aliphatic heterocycles. The number of hydrogen-bond donors (Lipinski definition) is 1. The lowest BCUT2D eigenvalue weighted by atomic mass is 9.97. The van der Waals surface area contributed by atoms with Crippen LogP contribution in [0.3, 0.4) is 0 Å². The molecule has 3 heteroatoms. The predicted molar refractivity (Wildman–Crippen MR) is 47.6 cm³/mol. The van der Waals surface area contributed by atoms with Crippen LogP contribution in [0.2, 0.25) is 0 Å². The number of carboxylic acid groups (broad SMARTS) is 1. The van der Waals surface area contributed by atoms with E-state index in [1.165, 1.54) is 19.3 Å². The first-order chi connectivity index (χ1) is 6.23. The number of hydrogen-bond acceptors (Lipinski definition) is 2. The molecule has 13 heavy (non-hydrogen) atoms. The summed E-state index contributed by atoms with van der Waals surface area (Å²) in [4.78, 5) is 10.8. The summed E-state index contributed by atoms with van der Waals surface area (Å²) in [6.07, 6.45) is 7.40. The van der Waals surface area contributed by atoms with E-state index in [0.29, 0.717) is 12.8 Å². The van der Waals surface area contributed by atoms with Crippen LogP contribution in [-0.4, -0.2) is 22.8 Å². The van der Waals surface area contributed by atoms with E-state index < -0.39 is 11.6 Å². The van der Waals surface area contributed by atoms with Crippen molar-refractivity contribution in [2.24, 2.45) is 0 Å². The van der Waals surface area contributed by atoms with Crippen molar-refractivity contribution in [2.45, 2.75) is 56.7 Å². The number of carbonyl (C=O) groups is 1. The highest BCUT2D eigenvalue weighted by Gasteiger charge is 2.53. The maximum Gasteiger partial charge on any atom is 0.335 e. The smallest absolute Gasteiger partial charge is 0.335 e. The van der Waals surface area contributed by atoms with Gasteiger partial charge in [-0.1, -0.05) is 19.3 Å². The third-order valence-electron chi connectivity index (χ3n) is 3.04. The lowest BCUT2D eigenvalue weighted by Crippen LogP contribution is -2.32. The largest absolute Gasteiger partial charge is 0.479 e. The molecule has 0 atom stereocenters. The van der Waals surface area contributed by atoms with E-state index in [1.54, 1.807) is 0 Å². The molecular weight excluding hydrogens is 168 g/mol. The van der Waals surface area contributed by atoms with Crippen molar-refractivity contribution in [1.29, 1.82) is 0 Å². The number of carboxylic acids is 1. The predicted octanol–water partition coefficient (Wildman–Crippen LogP) is 1.95. The van der Waals surface area contributed by atoms with Gasteiger partial charge in [-0.25, -0.2) is 4.79 Å². The number of rotatable bonds is 3. The fraction of sp³-hybridized carbons (Fsp3) is 0.900. The van der Waals surface area contributed by atoms with Gasteiger partial charge in [0.1, 0.15) is 0 Å². The van der Waals surface area contributed by atoms with Gasteiger partial charge in [0.2, 0.25) is 0 Å². The SMILES string of the molecule is O=C(O)C1(OC2CCCCC2)CC1. The second-order valence-electron chi connectivity index (χ2n) is 4.18. The lowest BCUT2D eigenvalue weighted by Gasteiger charge is -2.25. The van der Waals surface area contributed by atoms with Crippen LogP contribution in [0.15, 0.2) is 0 Å². The molecule has 2 rings (SSSR count). The molecule has 0 spiro atoms. The molecule has 2 saturated carbocycles. The van der Waals surface area contributed by atoms with Gasteiger partial charge in [0.25, 0.3) is 0 Å². The van der Waals surface area contributed by atoms with E-state index in [9.17, 15) is 4.79 Å². The quantitative estimate of drug-likeness (QED) is 0.729. The molecule has 0 aromatic carbocycles. The molecule has 2 fully saturated rings. The number of aliphatic carboxylic acids is 1. The van der Waals surface area contributed by atoms with Crippen molar-refractivity contribution >= 4 is 5.97 Å². The van der Waals surface area contributed by atoms with Crippen molar-refractivity contribution in [3.63, 3.8) is 0 Å². The molecule has 74 valence electrons. The average Bonchev–Trinajstić information content (AvgIpc) is 2.87. The first-order valence-corrected chi connectivity index (χ1v) is 5.14. The van der Waals surface area contributed by atoms with Crippen LogP contribution >= 0.6 is 0 Å². The molecule has 0 aromatic rings. The standard InChI is InChI=1S/C10H16O3/c11-9(12)10(6-7-10)13-8-4-2-1-3-5-8/h8H,1-7H2,(H,11,12). The van der Waals surface area contributed by atoms with Gasteiger partial charge < -0.3 is 9.84 Å². The number of ether oxygens (including phenoxy) is 1. The van der Waals surface area contributed by atoms with Gasteiger partial charge in [-0.05, 0) is 25.7 Å². The summed E-state index contributed by atoms with van der Waals surface area (Å²) in [5, 5.41) is 8.91. The molecule has 2 aliphatic rings. The summed E-state index contributed by atoms with van der Waals surface area (Å²) in [5.41, 5.74) is -0.776. The molecule has 0 unspecified atom stereocenters. The first-order valence-electron chi connectivity index (χ1n) is 5.14. The van der Waals surface area contributed by atoms with Crippen LogP contribution in [0.25, 0.3) is 0 Å². The van der Waals surface area contributed by atoms with Crippen molar-refractivity contribution < 1.29 is 14.6 Å². The first kappa shape index (κ1) is 9.00. The van der Waals surface area contributed by atoms with E-state index in [1.807, 2.05) is 0 Å². The minimum absolute atomic E-state index is 0.215. The Labute approximate surface area is 78.1 Å². The van der Waals surface area contributed by atoms with E-state index in [4.69, 9.17) is 9.84 Å². The monoisotopic (exact) mass is 184 g/mol. The van der Waals surface area contributed by atoms with Gasteiger partial charge in [-0.3, -0.25) is 0 Å². The third kappa shape index (κ3) is 1.85. The Morgan fingerprint density at radius 2 is 1.85 bits per heavy atom. The van der Waals surface area contributed by atoms with Crippen molar-refractivity contribution in [3.8, 4) is 0 Å². The van der Waals surface area contributed by atoms with E-state index in [-0.39, 0.29) is 6.10 Å². The fourth-order valence-electron chi connectivity index (χ4n) is 2.00. The van der Waals surface area contributed by atoms with Crippen molar-refractivity contribution in [2.75, 3.05) is 0 Å². The van der Waals surface area contributed by atoms with Crippen LogP contribution < -0.4 is 0 Å². The van der Waals surface area contributed by atoms with Gasteiger partial charge in [0, 0.05) is 0 Å². The van der Waals surface area contributed by atoms with Gasteiger partial charge in [0.15, 0.2) is 5.60 Å². The molecule has 0 heterocycles. The normalized spacial score (nSPS) is 27.1. The zero-order chi connectivity index (χ0) is 9.31. The second-order valence-corrected chi connectivity index (χ2v) is 4.18. The van der Waals surface area contributed by atoms with Crippen molar-refractivity contribution in [1.82, 2.24) is 0 Å². The summed E-state index contributed by atoms with van der Waals surface area (Å²) in [5.74, 6) is -0.766. The Bertz CT molecular complexity index is 202. The summed E-state index contributed by atoms with van der Waals surface area (Å²) >= 11 is 0. The van der Waals surface area contributed by atoms with Gasteiger partial charge in [0.05, 0.1) is 6.10 Å². The molecule has 0 aromatic heterocycles. The fourth-order valence-corrected chi connectivity index (χ4v) is 2.00. The molecule has 1 N–H and O–H groups in total. The zero-order valence-corrected chi connectivity index (χ0v) is 7.79. The molecule has 2 aliphatic carbocycles. The molecule has 3 nitrogen and oxygen atoms in total. The summed E-state index contributed by atoms with van der Waals surface area (Å²) < 4.78 is 5.65. The van der Waals surface area contributed by atoms with Crippen LogP contribution in [0.1, 0.15) is 44.9 Å². The molecule has 0 amide bonds. The molecule has 0 radical (unpaired) electrons. The van der Waals surface area contributed by atoms with Crippen LogP contribution in [0.5, 0.6) is 0 Å². The van der Waals surface area contributed by atoms with E-state index >= 15 is 0 Å². The Balaban J connectivity index is 1.86. The van der Waals surface area contributed by atoms with E-state index in [0.717, 1.165) is 12.8 Å². The van der Waals surface area contributed by atoms with Crippen LogP contribution in [-0.2, 0) is 9.53 Å².